The molecule has 0 aromatic rings. The molecular formula is C18H30O2. The van der Waals surface area contributed by atoms with E-state index in [-0.39, 0.29) is 17.6 Å². The summed E-state index contributed by atoms with van der Waals surface area (Å²) in [6.07, 6.45) is 10.9. The van der Waals surface area contributed by atoms with Gasteiger partial charge < -0.3 is 10.2 Å². The normalized spacial score (nSPS) is 58.6. The van der Waals surface area contributed by atoms with Gasteiger partial charge in [0.25, 0.3) is 0 Å². The van der Waals surface area contributed by atoms with Gasteiger partial charge in [-0.1, -0.05) is 6.92 Å². The van der Waals surface area contributed by atoms with E-state index in [0.717, 1.165) is 48.9 Å². The van der Waals surface area contributed by atoms with Gasteiger partial charge in [0.05, 0.1) is 12.2 Å². The molecule has 1 unspecified atom stereocenters. The molecule has 2 nitrogen and oxygen atoms in total. The maximum absolute atomic E-state index is 10.4. The summed E-state index contributed by atoms with van der Waals surface area (Å²) in [7, 11) is 0. The first-order chi connectivity index (χ1) is 9.59. The van der Waals surface area contributed by atoms with Crippen molar-refractivity contribution < 1.29 is 10.2 Å². The molecule has 0 heterocycles. The van der Waals surface area contributed by atoms with E-state index in [1.165, 1.54) is 38.5 Å². The molecule has 20 heavy (non-hydrogen) atoms. The molecule has 4 rings (SSSR count). The minimum absolute atomic E-state index is 0.0186. The second kappa shape index (κ2) is 4.71. The van der Waals surface area contributed by atoms with Crippen LogP contribution in [0, 0.1) is 35.0 Å². The van der Waals surface area contributed by atoms with E-state index in [4.69, 9.17) is 0 Å². The Morgan fingerprint density at radius 2 is 1.60 bits per heavy atom. The monoisotopic (exact) mass is 278 g/mol. The molecule has 0 saturated heterocycles. The average molecular weight is 278 g/mol. The Morgan fingerprint density at radius 3 is 2.45 bits per heavy atom. The van der Waals surface area contributed by atoms with Gasteiger partial charge in [0.1, 0.15) is 0 Å². The van der Waals surface area contributed by atoms with Gasteiger partial charge >= 0.3 is 0 Å². The van der Waals surface area contributed by atoms with E-state index in [9.17, 15) is 10.2 Å². The Balaban J connectivity index is 1.57. The van der Waals surface area contributed by atoms with Crippen LogP contribution < -0.4 is 0 Å². The molecule has 4 fully saturated rings. The van der Waals surface area contributed by atoms with Crippen molar-refractivity contribution in [2.45, 2.75) is 76.9 Å². The largest absolute Gasteiger partial charge is 0.393 e. The van der Waals surface area contributed by atoms with Crippen LogP contribution >= 0.6 is 0 Å². The van der Waals surface area contributed by atoms with Crippen molar-refractivity contribution in [1.82, 2.24) is 0 Å². The van der Waals surface area contributed by atoms with Gasteiger partial charge in [-0.15, -0.1) is 0 Å². The van der Waals surface area contributed by atoms with Crippen LogP contribution in [0.25, 0.3) is 0 Å². The number of fused-ring (bicyclic) bond motifs is 5. The molecule has 114 valence electrons. The highest BCUT2D eigenvalue weighted by Crippen LogP contribution is 2.62. The fourth-order valence-corrected chi connectivity index (χ4v) is 6.80. The summed E-state index contributed by atoms with van der Waals surface area (Å²) in [4.78, 5) is 0. The summed E-state index contributed by atoms with van der Waals surface area (Å²) >= 11 is 0. The minimum atomic E-state index is -0.0423. The Morgan fingerprint density at radius 1 is 0.800 bits per heavy atom. The highest BCUT2D eigenvalue weighted by molar-refractivity contribution is 5.06. The number of hydrogen-bond donors (Lipinski definition) is 2. The van der Waals surface area contributed by atoms with E-state index < -0.39 is 0 Å². The van der Waals surface area contributed by atoms with Crippen LogP contribution in [-0.2, 0) is 0 Å². The molecule has 0 amide bonds. The lowest BCUT2D eigenvalue weighted by atomic mass is 9.50. The van der Waals surface area contributed by atoms with Crippen LogP contribution in [0.2, 0.25) is 0 Å². The van der Waals surface area contributed by atoms with Gasteiger partial charge in [-0.2, -0.15) is 0 Å². The Bertz CT molecular complexity index is 382. The SMILES string of the molecule is C[C@]12CC[C@H]3[C@@H](CC[C@H]4CC(O)CC[C@@H]43)[C@@H]1CC[C@H]2O. The highest BCUT2D eigenvalue weighted by Gasteiger charge is 2.56. The first-order valence-corrected chi connectivity index (χ1v) is 8.95. The van der Waals surface area contributed by atoms with Crippen LogP contribution in [0.3, 0.4) is 0 Å². The lowest BCUT2D eigenvalue weighted by Crippen LogP contribution is -2.49. The second-order valence-electron chi connectivity index (χ2n) is 8.54. The summed E-state index contributed by atoms with van der Waals surface area (Å²) in [6, 6.07) is 0. The second-order valence-corrected chi connectivity index (χ2v) is 8.54. The fraction of sp³-hybridized carbons (Fsp3) is 1.00. The lowest BCUT2D eigenvalue weighted by molar-refractivity contribution is -0.0913. The zero-order chi connectivity index (χ0) is 13.9. The van der Waals surface area contributed by atoms with Gasteiger partial charge in [-0.25, -0.2) is 0 Å². The summed E-state index contributed by atoms with van der Waals surface area (Å²) in [5.41, 5.74) is 0.224. The molecule has 4 aliphatic rings. The van der Waals surface area contributed by atoms with E-state index >= 15 is 0 Å². The van der Waals surface area contributed by atoms with Crippen molar-refractivity contribution in [1.29, 1.82) is 0 Å². The number of rotatable bonds is 0. The first kappa shape index (κ1) is 13.6. The van der Waals surface area contributed by atoms with E-state index in [1.54, 1.807) is 0 Å². The maximum atomic E-state index is 10.4. The number of hydrogen-bond acceptors (Lipinski definition) is 2. The predicted molar refractivity (Wildman–Crippen MR) is 79.1 cm³/mol. The zero-order valence-corrected chi connectivity index (χ0v) is 12.8. The van der Waals surface area contributed by atoms with Crippen LogP contribution in [0.4, 0.5) is 0 Å². The molecule has 0 aromatic carbocycles. The number of aliphatic hydroxyl groups excluding tert-OH is 2. The Hall–Kier alpha value is -0.0800. The summed E-state index contributed by atoms with van der Waals surface area (Å²) in [6.45, 7) is 2.36. The molecule has 0 aliphatic heterocycles. The van der Waals surface area contributed by atoms with E-state index in [0.29, 0.717) is 0 Å². The van der Waals surface area contributed by atoms with Crippen LogP contribution in [0.15, 0.2) is 0 Å². The van der Waals surface area contributed by atoms with Gasteiger partial charge in [-0.3, -0.25) is 0 Å². The maximum Gasteiger partial charge on any atom is 0.0596 e. The van der Waals surface area contributed by atoms with Crippen LogP contribution in [0.1, 0.15) is 64.7 Å². The van der Waals surface area contributed by atoms with Crippen molar-refractivity contribution in [2.24, 2.45) is 35.0 Å². The summed E-state index contributed by atoms with van der Waals surface area (Å²) in [5.74, 6) is 4.26. The van der Waals surface area contributed by atoms with Gasteiger partial charge in [0.15, 0.2) is 0 Å². The predicted octanol–water partition coefficient (Wildman–Crippen LogP) is 3.36. The number of aliphatic hydroxyl groups is 2. The third kappa shape index (κ3) is 1.83. The third-order valence-corrected chi connectivity index (χ3v) is 7.88. The van der Waals surface area contributed by atoms with Gasteiger partial charge in [-0.05, 0) is 92.8 Å². The fourth-order valence-electron chi connectivity index (χ4n) is 6.80. The lowest BCUT2D eigenvalue weighted by Gasteiger charge is -2.55. The van der Waals surface area contributed by atoms with Gasteiger partial charge in [0.2, 0.25) is 0 Å². The van der Waals surface area contributed by atoms with Crippen LogP contribution in [-0.4, -0.2) is 22.4 Å². The Labute approximate surface area is 123 Å². The molecule has 8 atom stereocenters. The minimum Gasteiger partial charge on any atom is -0.393 e. The molecule has 2 heteroatoms. The smallest absolute Gasteiger partial charge is 0.0596 e. The first-order valence-electron chi connectivity index (χ1n) is 8.95. The van der Waals surface area contributed by atoms with Gasteiger partial charge in [0, 0.05) is 0 Å². The standard InChI is InChI=1S/C18H30O2/c1-18-9-8-14-13-5-3-12(19)10-11(13)2-4-15(14)16(18)6-7-17(18)20/h11-17,19-20H,2-10H2,1H3/t11-,12?,13-,14+,15+,16-,17+,18-/m0/s1. The third-order valence-electron chi connectivity index (χ3n) is 7.88. The van der Waals surface area contributed by atoms with E-state index in [2.05, 4.69) is 6.92 Å². The average Bonchev–Trinajstić information content (AvgIpc) is 2.74. The highest BCUT2D eigenvalue weighted by atomic mass is 16.3. The zero-order valence-electron chi connectivity index (χ0n) is 12.8. The molecule has 0 spiro atoms. The van der Waals surface area contributed by atoms with Crippen molar-refractivity contribution in [3.05, 3.63) is 0 Å². The molecule has 0 radical (unpaired) electrons. The van der Waals surface area contributed by atoms with Crippen molar-refractivity contribution in [3.8, 4) is 0 Å². The molecule has 0 aromatic heterocycles. The quantitative estimate of drug-likeness (QED) is 0.713. The molecule has 2 N–H and O–H groups in total. The van der Waals surface area contributed by atoms with Crippen molar-refractivity contribution >= 4 is 0 Å². The van der Waals surface area contributed by atoms with E-state index in [1.807, 2.05) is 0 Å². The molecule has 0 bridgehead atoms. The van der Waals surface area contributed by atoms with Crippen LogP contribution in [0.5, 0.6) is 0 Å². The van der Waals surface area contributed by atoms with Crippen molar-refractivity contribution in [2.75, 3.05) is 0 Å². The topological polar surface area (TPSA) is 40.5 Å². The summed E-state index contributed by atoms with van der Waals surface area (Å²) < 4.78 is 0. The molecular weight excluding hydrogens is 248 g/mol. The Kier molecular flexibility index (Phi) is 3.20. The molecule has 4 saturated carbocycles. The summed E-state index contributed by atoms with van der Waals surface area (Å²) in [5, 5.41) is 20.3. The van der Waals surface area contributed by atoms with Crippen molar-refractivity contribution in [3.63, 3.8) is 0 Å². The molecule has 4 aliphatic carbocycles.